The minimum atomic E-state index is -4.89. The van der Waals surface area contributed by atoms with Gasteiger partial charge in [-0.15, -0.1) is 23.4 Å². The predicted molar refractivity (Wildman–Crippen MR) is 87.6 cm³/mol. The van der Waals surface area contributed by atoms with Crippen molar-refractivity contribution in [3.05, 3.63) is 54.2 Å². The lowest BCUT2D eigenvalue weighted by atomic mass is 9.98. The molecule has 0 saturated carbocycles. The summed E-state index contributed by atoms with van der Waals surface area (Å²) in [6, 6.07) is 12.5. The summed E-state index contributed by atoms with van der Waals surface area (Å²) in [6.07, 6.45) is -4.89. The van der Waals surface area contributed by atoms with Crippen molar-refractivity contribution in [2.75, 3.05) is 6.61 Å². The van der Waals surface area contributed by atoms with Gasteiger partial charge in [-0.05, 0) is 24.6 Å². The van der Waals surface area contributed by atoms with Crippen LogP contribution in [0.25, 0.3) is 22.0 Å². The SMILES string of the molecule is CCOC(=O)c1nnc2cccc(OC(F)(F)F)c2c1-c1ccccc1. The molecule has 0 unspecified atom stereocenters. The maximum Gasteiger partial charge on any atom is 0.573 e. The molecule has 0 aliphatic rings. The van der Waals surface area contributed by atoms with Gasteiger partial charge in [0, 0.05) is 5.56 Å². The molecular formula is C18H13F3N2O3. The van der Waals surface area contributed by atoms with Crippen LogP contribution in [0, 0.1) is 0 Å². The van der Waals surface area contributed by atoms with Gasteiger partial charge in [0.25, 0.3) is 0 Å². The fourth-order valence-corrected chi connectivity index (χ4v) is 2.56. The average molecular weight is 362 g/mol. The fraction of sp³-hybridized carbons (Fsp3) is 0.167. The molecule has 1 heterocycles. The summed E-state index contributed by atoms with van der Waals surface area (Å²) in [5.41, 5.74) is 0.657. The van der Waals surface area contributed by atoms with Gasteiger partial charge in [-0.2, -0.15) is 0 Å². The van der Waals surface area contributed by atoms with E-state index in [0.717, 1.165) is 0 Å². The van der Waals surface area contributed by atoms with Gasteiger partial charge in [0.15, 0.2) is 5.69 Å². The number of hydrogen-bond acceptors (Lipinski definition) is 5. The highest BCUT2D eigenvalue weighted by Crippen LogP contribution is 2.38. The normalized spacial score (nSPS) is 11.4. The quantitative estimate of drug-likeness (QED) is 0.645. The van der Waals surface area contributed by atoms with Gasteiger partial charge in [0.2, 0.25) is 0 Å². The topological polar surface area (TPSA) is 61.3 Å². The minimum absolute atomic E-state index is 0.0362. The Bertz CT molecular complexity index is 944. The van der Waals surface area contributed by atoms with E-state index in [0.29, 0.717) is 5.56 Å². The van der Waals surface area contributed by atoms with Gasteiger partial charge in [0.1, 0.15) is 5.75 Å². The van der Waals surface area contributed by atoms with E-state index in [1.165, 1.54) is 18.2 Å². The first-order valence-corrected chi connectivity index (χ1v) is 7.68. The van der Waals surface area contributed by atoms with Crippen molar-refractivity contribution in [1.29, 1.82) is 0 Å². The van der Waals surface area contributed by atoms with Crippen LogP contribution < -0.4 is 4.74 Å². The highest BCUT2D eigenvalue weighted by molar-refractivity contribution is 6.07. The van der Waals surface area contributed by atoms with E-state index in [-0.39, 0.29) is 28.8 Å². The Hall–Kier alpha value is -3.16. The smallest absolute Gasteiger partial charge is 0.461 e. The number of rotatable bonds is 4. The molecule has 3 aromatic rings. The highest BCUT2D eigenvalue weighted by atomic mass is 19.4. The molecule has 0 atom stereocenters. The summed E-state index contributed by atoms with van der Waals surface area (Å²) < 4.78 is 47.6. The molecule has 3 rings (SSSR count). The lowest BCUT2D eigenvalue weighted by molar-refractivity contribution is -0.274. The Morgan fingerprint density at radius 3 is 2.42 bits per heavy atom. The molecule has 2 aromatic carbocycles. The largest absolute Gasteiger partial charge is 0.573 e. The number of aromatic nitrogens is 2. The third-order valence-electron chi connectivity index (χ3n) is 3.51. The van der Waals surface area contributed by atoms with E-state index in [9.17, 15) is 18.0 Å². The standard InChI is InChI=1S/C18H13F3N2O3/c1-2-25-17(24)16-14(11-7-4-3-5-8-11)15-12(22-23-16)9-6-10-13(15)26-18(19,20)21/h3-10H,2H2,1H3. The molecule has 5 nitrogen and oxygen atoms in total. The summed E-state index contributed by atoms with van der Waals surface area (Å²) in [5, 5.41) is 7.78. The molecule has 0 saturated heterocycles. The molecule has 0 fully saturated rings. The van der Waals surface area contributed by atoms with E-state index in [1.807, 2.05) is 0 Å². The lowest BCUT2D eigenvalue weighted by Gasteiger charge is -2.15. The summed E-state index contributed by atoms with van der Waals surface area (Å²) in [7, 11) is 0. The van der Waals surface area contributed by atoms with E-state index in [2.05, 4.69) is 14.9 Å². The molecule has 0 bridgehead atoms. The number of benzene rings is 2. The number of carbonyl (C=O) groups is 1. The molecule has 0 aliphatic carbocycles. The van der Waals surface area contributed by atoms with Crippen molar-refractivity contribution >= 4 is 16.9 Å². The van der Waals surface area contributed by atoms with Crippen molar-refractivity contribution < 1.29 is 27.4 Å². The molecule has 0 amide bonds. The molecule has 0 N–H and O–H groups in total. The molecular weight excluding hydrogens is 349 g/mol. The maximum absolute atomic E-state index is 12.8. The second-order valence-electron chi connectivity index (χ2n) is 5.21. The van der Waals surface area contributed by atoms with E-state index in [1.54, 1.807) is 37.3 Å². The molecule has 0 spiro atoms. The van der Waals surface area contributed by atoms with Gasteiger partial charge >= 0.3 is 12.3 Å². The second kappa shape index (κ2) is 6.99. The summed E-state index contributed by atoms with van der Waals surface area (Å²) >= 11 is 0. The van der Waals surface area contributed by atoms with Crippen molar-refractivity contribution in [2.24, 2.45) is 0 Å². The highest BCUT2D eigenvalue weighted by Gasteiger charge is 2.33. The van der Waals surface area contributed by atoms with Crippen LogP contribution in [0.2, 0.25) is 0 Å². The maximum atomic E-state index is 12.8. The fourth-order valence-electron chi connectivity index (χ4n) is 2.56. The van der Waals surface area contributed by atoms with Crippen molar-refractivity contribution in [2.45, 2.75) is 13.3 Å². The van der Waals surface area contributed by atoms with Crippen LogP contribution in [0.1, 0.15) is 17.4 Å². The van der Waals surface area contributed by atoms with Crippen LogP contribution in [-0.4, -0.2) is 29.1 Å². The predicted octanol–water partition coefficient (Wildman–Crippen LogP) is 4.37. The number of esters is 1. The first-order chi connectivity index (χ1) is 12.4. The number of fused-ring (bicyclic) bond motifs is 1. The van der Waals surface area contributed by atoms with E-state index < -0.39 is 18.1 Å². The first kappa shape index (κ1) is 17.7. The third-order valence-corrected chi connectivity index (χ3v) is 3.51. The molecule has 134 valence electrons. The average Bonchev–Trinajstić information content (AvgIpc) is 2.60. The van der Waals surface area contributed by atoms with E-state index in [4.69, 9.17) is 4.74 Å². The van der Waals surface area contributed by atoms with Gasteiger partial charge in [-0.25, -0.2) is 4.79 Å². The zero-order chi connectivity index (χ0) is 18.7. The Kier molecular flexibility index (Phi) is 4.75. The monoisotopic (exact) mass is 362 g/mol. The molecule has 26 heavy (non-hydrogen) atoms. The van der Waals surface area contributed by atoms with Gasteiger partial charge in [-0.1, -0.05) is 36.4 Å². The number of ether oxygens (including phenoxy) is 2. The number of nitrogens with zero attached hydrogens (tertiary/aromatic N) is 2. The second-order valence-corrected chi connectivity index (χ2v) is 5.21. The zero-order valence-electron chi connectivity index (χ0n) is 13.6. The van der Waals surface area contributed by atoms with Crippen molar-refractivity contribution in [1.82, 2.24) is 10.2 Å². The van der Waals surface area contributed by atoms with Crippen molar-refractivity contribution in [3.8, 4) is 16.9 Å². The first-order valence-electron chi connectivity index (χ1n) is 7.68. The lowest BCUT2D eigenvalue weighted by Crippen LogP contribution is -2.18. The van der Waals surface area contributed by atoms with Crippen LogP contribution in [0.5, 0.6) is 5.75 Å². The third kappa shape index (κ3) is 3.58. The van der Waals surface area contributed by atoms with Crippen LogP contribution >= 0.6 is 0 Å². The summed E-state index contributed by atoms with van der Waals surface area (Å²) in [5.74, 6) is -1.24. The van der Waals surface area contributed by atoms with Crippen LogP contribution in [0.4, 0.5) is 13.2 Å². The minimum Gasteiger partial charge on any atom is -0.461 e. The Balaban J connectivity index is 2.35. The van der Waals surface area contributed by atoms with Gasteiger partial charge in [-0.3, -0.25) is 0 Å². The Labute approximate surface area is 146 Å². The Morgan fingerprint density at radius 1 is 1.04 bits per heavy atom. The van der Waals surface area contributed by atoms with Gasteiger partial charge in [0.05, 0.1) is 17.5 Å². The molecule has 8 heteroatoms. The zero-order valence-corrected chi connectivity index (χ0v) is 13.6. The van der Waals surface area contributed by atoms with Gasteiger partial charge < -0.3 is 9.47 Å². The van der Waals surface area contributed by atoms with E-state index >= 15 is 0 Å². The van der Waals surface area contributed by atoms with Crippen LogP contribution in [0.15, 0.2) is 48.5 Å². The van der Waals surface area contributed by atoms with Crippen LogP contribution in [-0.2, 0) is 4.74 Å². The van der Waals surface area contributed by atoms with Crippen molar-refractivity contribution in [3.63, 3.8) is 0 Å². The Morgan fingerprint density at radius 2 is 1.77 bits per heavy atom. The molecule has 1 aromatic heterocycles. The summed E-state index contributed by atoms with van der Waals surface area (Å²) in [4.78, 5) is 12.3. The number of alkyl halides is 3. The number of carbonyl (C=O) groups excluding carboxylic acids is 1. The molecule has 0 aliphatic heterocycles. The molecule has 0 radical (unpaired) electrons. The van der Waals surface area contributed by atoms with Crippen LogP contribution in [0.3, 0.4) is 0 Å². The number of hydrogen-bond donors (Lipinski definition) is 0. The number of halogens is 3. The summed E-state index contributed by atoms with van der Waals surface area (Å²) in [6.45, 7) is 1.71.